The maximum absolute atomic E-state index is 12.0. The third-order valence-electron chi connectivity index (χ3n) is 4.78. The molecule has 0 radical (unpaired) electrons. The van der Waals surface area contributed by atoms with Crippen LogP contribution in [0.3, 0.4) is 0 Å². The van der Waals surface area contributed by atoms with Crippen molar-refractivity contribution in [3.63, 3.8) is 0 Å². The molecule has 0 unspecified atom stereocenters. The summed E-state index contributed by atoms with van der Waals surface area (Å²) in [6.45, 7) is 3.39. The van der Waals surface area contributed by atoms with Gasteiger partial charge in [-0.2, -0.15) is 0 Å². The molecule has 1 aliphatic heterocycles. The monoisotopic (exact) mass is 282 g/mol. The zero-order valence-corrected chi connectivity index (χ0v) is 12.9. The van der Waals surface area contributed by atoms with Crippen LogP contribution in [0, 0.1) is 5.92 Å². The van der Waals surface area contributed by atoms with Gasteiger partial charge in [-0.25, -0.2) is 0 Å². The van der Waals surface area contributed by atoms with E-state index in [9.17, 15) is 4.79 Å². The molecular weight excluding hydrogens is 252 g/mol. The fourth-order valence-electron chi connectivity index (χ4n) is 3.35. The summed E-state index contributed by atoms with van der Waals surface area (Å²) in [4.78, 5) is 14.5. The first-order valence-electron chi connectivity index (χ1n) is 8.33. The van der Waals surface area contributed by atoms with Crippen molar-refractivity contribution in [2.45, 2.75) is 57.4 Å². The Bertz CT molecular complexity index is 284. The minimum Gasteiger partial charge on any atom is -0.381 e. The molecule has 0 aromatic carbocycles. The second kappa shape index (κ2) is 8.63. The maximum atomic E-state index is 12.0. The van der Waals surface area contributed by atoms with Crippen molar-refractivity contribution < 1.29 is 9.53 Å². The van der Waals surface area contributed by atoms with Crippen LogP contribution in [0.1, 0.15) is 51.4 Å². The van der Waals surface area contributed by atoms with Gasteiger partial charge in [-0.1, -0.05) is 19.3 Å². The number of nitrogens with zero attached hydrogens (tertiary/aromatic N) is 1. The number of ether oxygens (including phenoxy) is 1. The number of hydrogen-bond donors (Lipinski definition) is 1. The normalized spacial score (nSPS) is 22.1. The molecule has 4 heteroatoms. The van der Waals surface area contributed by atoms with E-state index in [2.05, 4.69) is 17.3 Å². The highest BCUT2D eigenvalue weighted by Crippen LogP contribution is 2.21. The molecule has 2 rings (SSSR count). The molecule has 2 aliphatic rings. The summed E-state index contributed by atoms with van der Waals surface area (Å²) in [5, 5.41) is 3.09. The van der Waals surface area contributed by atoms with Crippen molar-refractivity contribution in [3.8, 4) is 0 Å². The standard InChI is InChI=1S/C16H30N2O2/c1-18(15-6-3-2-4-7-15)11-5-10-17-16(19)14-8-12-20-13-9-14/h14-15H,2-13H2,1H3,(H,17,19). The van der Waals surface area contributed by atoms with E-state index in [1.807, 2.05) is 0 Å². The van der Waals surface area contributed by atoms with E-state index in [4.69, 9.17) is 4.74 Å². The van der Waals surface area contributed by atoms with Crippen molar-refractivity contribution in [2.24, 2.45) is 5.92 Å². The van der Waals surface area contributed by atoms with E-state index in [1.165, 1.54) is 32.1 Å². The van der Waals surface area contributed by atoms with Gasteiger partial charge in [0, 0.05) is 31.7 Å². The lowest BCUT2D eigenvalue weighted by Crippen LogP contribution is -2.38. The van der Waals surface area contributed by atoms with Gasteiger partial charge in [0.15, 0.2) is 0 Å². The van der Waals surface area contributed by atoms with E-state index in [0.29, 0.717) is 0 Å². The van der Waals surface area contributed by atoms with Crippen molar-refractivity contribution in [2.75, 3.05) is 33.4 Å². The molecule has 0 aromatic heterocycles. The second-order valence-corrected chi connectivity index (χ2v) is 6.30. The summed E-state index contributed by atoms with van der Waals surface area (Å²) in [6, 6.07) is 0.773. The first-order valence-corrected chi connectivity index (χ1v) is 8.33. The molecule has 2 fully saturated rings. The summed E-state index contributed by atoms with van der Waals surface area (Å²) in [6.07, 6.45) is 9.70. The number of carbonyl (C=O) groups excluding carboxylic acids is 1. The zero-order valence-electron chi connectivity index (χ0n) is 12.9. The lowest BCUT2D eigenvalue weighted by molar-refractivity contribution is -0.127. The van der Waals surface area contributed by atoms with Crippen LogP contribution < -0.4 is 5.32 Å². The molecule has 1 saturated heterocycles. The van der Waals surface area contributed by atoms with E-state index < -0.39 is 0 Å². The molecule has 0 aromatic rings. The number of nitrogens with one attached hydrogen (secondary N) is 1. The highest BCUT2D eigenvalue weighted by Gasteiger charge is 2.21. The molecular formula is C16H30N2O2. The van der Waals surface area contributed by atoms with Crippen molar-refractivity contribution in [3.05, 3.63) is 0 Å². The molecule has 1 heterocycles. The molecule has 1 aliphatic carbocycles. The average molecular weight is 282 g/mol. The summed E-state index contributed by atoms with van der Waals surface area (Å²) >= 11 is 0. The summed E-state index contributed by atoms with van der Waals surface area (Å²) < 4.78 is 5.29. The van der Waals surface area contributed by atoms with Gasteiger partial charge in [-0.3, -0.25) is 4.79 Å². The first kappa shape index (κ1) is 15.8. The molecule has 20 heavy (non-hydrogen) atoms. The van der Waals surface area contributed by atoms with Crippen LogP contribution in [0.15, 0.2) is 0 Å². The Hall–Kier alpha value is -0.610. The topological polar surface area (TPSA) is 41.6 Å². The average Bonchev–Trinajstić information content (AvgIpc) is 2.53. The van der Waals surface area contributed by atoms with Gasteiger partial charge in [0.2, 0.25) is 5.91 Å². The van der Waals surface area contributed by atoms with E-state index in [-0.39, 0.29) is 11.8 Å². The summed E-state index contributed by atoms with van der Waals surface area (Å²) in [5.74, 6) is 0.411. The van der Waals surface area contributed by atoms with Gasteiger partial charge in [0.1, 0.15) is 0 Å². The van der Waals surface area contributed by atoms with Gasteiger partial charge in [0.25, 0.3) is 0 Å². The molecule has 116 valence electrons. The van der Waals surface area contributed by atoms with E-state index in [0.717, 1.165) is 51.6 Å². The first-order chi connectivity index (χ1) is 9.77. The Morgan fingerprint density at radius 1 is 1.15 bits per heavy atom. The Morgan fingerprint density at radius 3 is 2.55 bits per heavy atom. The molecule has 0 bridgehead atoms. The van der Waals surface area contributed by atoms with Crippen LogP contribution in [0.5, 0.6) is 0 Å². The third kappa shape index (κ3) is 5.06. The third-order valence-corrected chi connectivity index (χ3v) is 4.78. The molecule has 0 spiro atoms. The Labute approximate surface area is 123 Å². The molecule has 4 nitrogen and oxygen atoms in total. The zero-order chi connectivity index (χ0) is 14.2. The molecule has 1 saturated carbocycles. The second-order valence-electron chi connectivity index (χ2n) is 6.30. The highest BCUT2D eigenvalue weighted by atomic mass is 16.5. The van der Waals surface area contributed by atoms with Crippen LogP contribution in [-0.4, -0.2) is 50.2 Å². The molecule has 1 amide bonds. The van der Waals surface area contributed by atoms with Crippen molar-refractivity contribution in [1.29, 1.82) is 0 Å². The smallest absolute Gasteiger partial charge is 0.223 e. The predicted molar refractivity (Wildman–Crippen MR) is 80.7 cm³/mol. The quantitative estimate of drug-likeness (QED) is 0.759. The van der Waals surface area contributed by atoms with Gasteiger partial charge >= 0.3 is 0 Å². The molecule has 0 atom stereocenters. The Morgan fingerprint density at radius 2 is 1.85 bits per heavy atom. The highest BCUT2D eigenvalue weighted by molar-refractivity contribution is 5.78. The van der Waals surface area contributed by atoms with Gasteiger partial charge in [-0.15, -0.1) is 0 Å². The van der Waals surface area contributed by atoms with Crippen LogP contribution >= 0.6 is 0 Å². The van der Waals surface area contributed by atoms with Crippen LogP contribution in [0.4, 0.5) is 0 Å². The van der Waals surface area contributed by atoms with E-state index in [1.54, 1.807) is 0 Å². The van der Waals surface area contributed by atoms with Crippen LogP contribution in [0.2, 0.25) is 0 Å². The molecule has 1 N–H and O–H groups in total. The van der Waals surface area contributed by atoms with Gasteiger partial charge in [-0.05, 0) is 45.7 Å². The number of rotatable bonds is 6. The largest absolute Gasteiger partial charge is 0.381 e. The van der Waals surface area contributed by atoms with Crippen LogP contribution in [0.25, 0.3) is 0 Å². The predicted octanol–water partition coefficient (Wildman–Crippen LogP) is 2.18. The number of carbonyl (C=O) groups is 1. The maximum Gasteiger partial charge on any atom is 0.223 e. The SMILES string of the molecule is CN(CCCNC(=O)C1CCOCC1)C1CCCCC1. The minimum atomic E-state index is 0.180. The van der Waals surface area contributed by atoms with Crippen molar-refractivity contribution >= 4 is 5.91 Å². The number of amides is 1. The van der Waals surface area contributed by atoms with Crippen molar-refractivity contribution in [1.82, 2.24) is 10.2 Å². The van der Waals surface area contributed by atoms with Crippen LogP contribution in [-0.2, 0) is 9.53 Å². The minimum absolute atomic E-state index is 0.180. The van der Waals surface area contributed by atoms with Gasteiger partial charge in [0.05, 0.1) is 0 Å². The Balaban J connectivity index is 1.55. The Kier molecular flexibility index (Phi) is 6.80. The lowest BCUT2D eigenvalue weighted by Gasteiger charge is -2.31. The lowest BCUT2D eigenvalue weighted by atomic mass is 9.94. The fraction of sp³-hybridized carbons (Fsp3) is 0.938. The number of hydrogen-bond acceptors (Lipinski definition) is 3. The summed E-state index contributed by atoms with van der Waals surface area (Å²) in [5.41, 5.74) is 0. The summed E-state index contributed by atoms with van der Waals surface area (Å²) in [7, 11) is 2.23. The van der Waals surface area contributed by atoms with Gasteiger partial charge < -0.3 is 15.0 Å². The van der Waals surface area contributed by atoms with E-state index >= 15 is 0 Å². The fourth-order valence-corrected chi connectivity index (χ4v) is 3.35.